The van der Waals surface area contributed by atoms with E-state index in [0.717, 1.165) is 37.1 Å². The van der Waals surface area contributed by atoms with E-state index >= 15 is 0 Å². The maximum atomic E-state index is 11.3. The molecule has 2 N–H and O–H groups in total. The number of rotatable bonds is 8. The van der Waals surface area contributed by atoms with Gasteiger partial charge in [-0.3, -0.25) is 0 Å². The summed E-state index contributed by atoms with van der Waals surface area (Å²) in [5.74, 6) is 0.246. The van der Waals surface area contributed by atoms with Crippen LogP contribution in [0.2, 0.25) is 0 Å². The van der Waals surface area contributed by atoms with Crippen LogP contribution in [0.25, 0.3) is 10.8 Å². The number of benzene rings is 4. The summed E-state index contributed by atoms with van der Waals surface area (Å²) in [5.41, 5.74) is 3.96. The molecule has 0 saturated heterocycles. The lowest BCUT2D eigenvalue weighted by molar-refractivity contribution is 0.0697. The minimum absolute atomic E-state index is 0.128. The number of carbonyl (C=O) groups is 1. The SMILES string of the molecule is C[C@@H](NCCCC1CC(c2ccc(C(=O)O)cc2)c2ccccc2O1)c1cccc2ccccc12. The van der Waals surface area contributed by atoms with Crippen LogP contribution in [0.15, 0.2) is 91.0 Å². The van der Waals surface area contributed by atoms with Crippen molar-refractivity contribution in [2.24, 2.45) is 0 Å². The highest BCUT2D eigenvalue weighted by atomic mass is 16.5. The number of carboxylic acid groups (broad SMARTS) is 1. The van der Waals surface area contributed by atoms with Crippen LogP contribution in [-0.4, -0.2) is 23.7 Å². The molecule has 0 aliphatic carbocycles. The smallest absolute Gasteiger partial charge is 0.335 e. The van der Waals surface area contributed by atoms with E-state index in [1.54, 1.807) is 12.1 Å². The first-order chi connectivity index (χ1) is 17.1. The summed E-state index contributed by atoms with van der Waals surface area (Å²) in [6.07, 6.45) is 3.01. The molecule has 2 unspecified atom stereocenters. The predicted molar refractivity (Wildman–Crippen MR) is 140 cm³/mol. The minimum Gasteiger partial charge on any atom is -0.490 e. The van der Waals surface area contributed by atoms with Crippen molar-refractivity contribution in [1.29, 1.82) is 0 Å². The first kappa shape index (κ1) is 23.1. The molecule has 4 aromatic rings. The van der Waals surface area contributed by atoms with Gasteiger partial charge in [-0.15, -0.1) is 0 Å². The quantitative estimate of drug-likeness (QED) is 0.276. The van der Waals surface area contributed by atoms with Crippen molar-refractivity contribution in [2.45, 2.75) is 44.2 Å². The molecule has 0 aromatic heterocycles. The normalized spacial score (nSPS) is 18.0. The number of hydrogen-bond donors (Lipinski definition) is 2. The van der Waals surface area contributed by atoms with Crippen LogP contribution in [-0.2, 0) is 0 Å². The van der Waals surface area contributed by atoms with Crippen molar-refractivity contribution in [2.75, 3.05) is 6.54 Å². The summed E-state index contributed by atoms with van der Waals surface area (Å²) in [6.45, 7) is 3.15. The zero-order valence-corrected chi connectivity index (χ0v) is 20.0. The molecule has 4 aromatic carbocycles. The van der Waals surface area contributed by atoms with E-state index in [4.69, 9.17) is 4.74 Å². The van der Waals surface area contributed by atoms with Gasteiger partial charge < -0.3 is 15.2 Å². The molecule has 3 atom stereocenters. The van der Waals surface area contributed by atoms with Gasteiger partial charge in [-0.1, -0.05) is 72.8 Å². The average molecular weight is 466 g/mol. The van der Waals surface area contributed by atoms with Crippen molar-refractivity contribution in [3.05, 3.63) is 113 Å². The lowest BCUT2D eigenvalue weighted by Crippen LogP contribution is -2.28. The van der Waals surface area contributed by atoms with Crippen LogP contribution in [0, 0.1) is 0 Å². The molecular formula is C31H31NO3. The number of ether oxygens (including phenoxy) is 1. The first-order valence-electron chi connectivity index (χ1n) is 12.4. The van der Waals surface area contributed by atoms with Crippen molar-refractivity contribution >= 4 is 16.7 Å². The Bertz CT molecular complexity index is 1310. The van der Waals surface area contributed by atoms with Crippen LogP contribution < -0.4 is 10.1 Å². The fourth-order valence-electron chi connectivity index (χ4n) is 5.23. The third-order valence-corrected chi connectivity index (χ3v) is 7.09. The molecule has 4 nitrogen and oxygen atoms in total. The maximum absolute atomic E-state index is 11.3. The Balaban J connectivity index is 1.22. The molecule has 0 bridgehead atoms. The Kier molecular flexibility index (Phi) is 6.82. The molecule has 0 amide bonds. The first-order valence-corrected chi connectivity index (χ1v) is 12.4. The van der Waals surface area contributed by atoms with Gasteiger partial charge in [-0.2, -0.15) is 0 Å². The van der Waals surface area contributed by atoms with E-state index in [-0.39, 0.29) is 18.1 Å². The van der Waals surface area contributed by atoms with E-state index in [2.05, 4.69) is 60.8 Å². The van der Waals surface area contributed by atoms with Crippen LogP contribution in [0.3, 0.4) is 0 Å². The second-order valence-corrected chi connectivity index (χ2v) is 9.38. The van der Waals surface area contributed by atoms with Crippen LogP contribution in [0.1, 0.15) is 65.2 Å². The Hall–Kier alpha value is -3.63. The Labute approximate surface area is 206 Å². The zero-order chi connectivity index (χ0) is 24.2. The third kappa shape index (κ3) is 5.08. The summed E-state index contributed by atoms with van der Waals surface area (Å²) >= 11 is 0. The largest absolute Gasteiger partial charge is 0.490 e. The van der Waals surface area contributed by atoms with Gasteiger partial charge in [0, 0.05) is 17.5 Å². The van der Waals surface area contributed by atoms with E-state index in [9.17, 15) is 9.90 Å². The Morgan fingerprint density at radius 3 is 2.54 bits per heavy atom. The molecule has 0 radical (unpaired) electrons. The fraction of sp³-hybridized carbons (Fsp3) is 0.258. The van der Waals surface area contributed by atoms with Gasteiger partial charge in [0.05, 0.1) is 11.7 Å². The predicted octanol–water partition coefficient (Wildman–Crippen LogP) is 6.95. The van der Waals surface area contributed by atoms with E-state index < -0.39 is 5.97 Å². The highest BCUT2D eigenvalue weighted by Crippen LogP contribution is 2.41. The number of hydrogen-bond acceptors (Lipinski definition) is 3. The standard InChI is InChI=1S/C31H31NO3/c1-21(26-13-6-9-22-8-2-3-11-27(22)26)32-19-7-10-25-20-29(28-12-4-5-14-30(28)35-25)23-15-17-24(18-16-23)31(33)34/h2-6,8-9,11-18,21,25,29,32H,7,10,19-20H2,1H3,(H,33,34)/t21-,25?,29?/m1/s1. The molecule has 1 heterocycles. The highest BCUT2D eigenvalue weighted by molar-refractivity contribution is 5.87. The van der Waals surface area contributed by atoms with Crippen LogP contribution in [0.4, 0.5) is 0 Å². The zero-order valence-electron chi connectivity index (χ0n) is 20.0. The number of fused-ring (bicyclic) bond motifs is 2. The number of para-hydroxylation sites is 1. The molecule has 1 aliphatic rings. The molecule has 5 rings (SSSR count). The van der Waals surface area contributed by atoms with Gasteiger partial charge in [0.15, 0.2) is 0 Å². The summed E-state index contributed by atoms with van der Waals surface area (Å²) in [4.78, 5) is 11.3. The van der Waals surface area contributed by atoms with Gasteiger partial charge in [-0.05, 0) is 72.8 Å². The third-order valence-electron chi connectivity index (χ3n) is 7.09. The number of aromatic carboxylic acids is 1. The molecule has 178 valence electrons. The van der Waals surface area contributed by atoms with Crippen molar-refractivity contribution < 1.29 is 14.6 Å². The maximum Gasteiger partial charge on any atom is 0.335 e. The van der Waals surface area contributed by atoms with Crippen molar-refractivity contribution in [1.82, 2.24) is 5.32 Å². The number of carboxylic acids is 1. The molecule has 0 fully saturated rings. The lowest BCUT2D eigenvalue weighted by atomic mass is 9.83. The lowest BCUT2D eigenvalue weighted by Gasteiger charge is -2.33. The van der Waals surface area contributed by atoms with Crippen molar-refractivity contribution in [3.63, 3.8) is 0 Å². The fourth-order valence-corrected chi connectivity index (χ4v) is 5.23. The van der Waals surface area contributed by atoms with Crippen LogP contribution >= 0.6 is 0 Å². The van der Waals surface area contributed by atoms with Crippen LogP contribution in [0.5, 0.6) is 5.75 Å². The molecule has 4 heteroatoms. The average Bonchev–Trinajstić information content (AvgIpc) is 2.90. The van der Waals surface area contributed by atoms with Crippen molar-refractivity contribution in [3.8, 4) is 5.75 Å². The molecule has 0 spiro atoms. The summed E-state index contributed by atoms with van der Waals surface area (Å²) in [6, 6.07) is 30.8. The van der Waals surface area contributed by atoms with Gasteiger partial charge >= 0.3 is 5.97 Å². The van der Waals surface area contributed by atoms with Gasteiger partial charge in [0.2, 0.25) is 0 Å². The monoisotopic (exact) mass is 465 g/mol. The van der Waals surface area contributed by atoms with E-state index in [1.807, 2.05) is 30.3 Å². The molecule has 1 aliphatic heterocycles. The Morgan fingerprint density at radius 2 is 1.71 bits per heavy atom. The van der Waals surface area contributed by atoms with Gasteiger partial charge in [-0.25, -0.2) is 4.79 Å². The Morgan fingerprint density at radius 1 is 0.971 bits per heavy atom. The molecular weight excluding hydrogens is 434 g/mol. The summed E-state index contributed by atoms with van der Waals surface area (Å²) in [5, 5.41) is 15.5. The summed E-state index contributed by atoms with van der Waals surface area (Å²) in [7, 11) is 0. The van der Waals surface area contributed by atoms with E-state index in [1.165, 1.54) is 21.9 Å². The van der Waals surface area contributed by atoms with E-state index in [0.29, 0.717) is 5.56 Å². The molecule has 0 saturated carbocycles. The topological polar surface area (TPSA) is 58.6 Å². The minimum atomic E-state index is -0.896. The molecule has 35 heavy (non-hydrogen) atoms. The van der Waals surface area contributed by atoms with Gasteiger partial charge in [0.1, 0.15) is 5.75 Å². The second-order valence-electron chi connectivity index (χ2n) is 9.38. The highest BCUT2D eigenvalue weighted by Gasteiger charge is 2.29. The number of nitrogens with one attached hydrogen (secondary N) is 1. The van der Waals surface area contributed by atoms with Gasteiger partial charge in [0.25, 0.3) is 0 Å². The summed E-state index contributed by atoms with van der Waals surface area (Å²) < 4.78 is 6.37. The second kappa shape index (κ2) is 10.3.